The maximum absolute atomic E-state index is 10.8. The zero-order valence-electron chi connectivity index (χ0n) is 8.31. The van der Waals surface area contributed by atoms with Gasteiger partial charge in [-0.15, -0.1) is 0 Å². The van der Waals surface area contributed by atoms with Gasteiger partial charge in [-0.3, -0.25) is 9.78 Å². The number of amides is 1. The normalized spacial score (nSPS) is 21.2. The van der Waals surface area contributed by atoms with E-state index >= 15 is 0 Å². The third-order valence-corrected chi connectivity index (χ3v) is 2.71. The molecule has 0 N–H and O–H groups in total. The summed E-state index contributed by atoms with van der Waals surface area (Å²) >= 11 is 0. The lowest BCUT2D eigenvalue weighted by molar-refractivity contribution is -0.118. The summed E-state index contributed by atoms with van der Waals surface area (Å²) in [6, 6.07) is 2.36. The average Bonchev–Trinajstić information content (AvgIpc) is 2.65. The van der Waals surface area contributed by atoms with E-state index in [2.05, 4.69) is 11.1 Å². The van der Waals surface area contributed by atoms with Gasteiger partial charge in [0.1, 0.15) is 0 Å². The highest BCUT2D eigenvalue weighted by Gasteiger charge is 2.24. The number of rotatable bonds is 2. The van der Waals surface area contributed by atoms with E-state index in [1.54, 1.807) is 0 Å². The molecule has 1 atom stereocenters. The van der Waals surface area contributed by atoms with Gasteiger partial charge in [0.2, 0.25) is 6.41 Å². The fraction of sp³-hybridized carbons (Fsp3) is 0.455. The number of nitrogens with zero attached hydrogens (tertiary/aromatic N) is 2. The van der Waals surface area contributed by atoms with Gasteiger partial charge in [0.05, 0.1) is 6.04 Å². The van der Waals surface area contributed by atoms with Crippen molar-refractivity contribution in [1.29, 1.82) is 0 Å². The second-order valence-corrected chi connectivity index (χ2v) is 3.80. The van der Waals surface area contributed by atoms with Crippen LogP contribution in [-0.2, 0) is 4.79 Å². The molecule has 1 fully saturated rings. The van der Waals surface area contributed by atoms with E-state index in [4.69, 9.17) is 0 Å². The first-order valence-corrected chi connectivity index (χ1v) is 4.94. The van der Waals surface area contributed by atoms with Crippen LogP contribution in [0.4, 0.5) is 0 Å². The molecule has 0 radical (unpaired) electrons. The Morgan fingerprint density at radius 1 is 1.57 bits per heavy atom. The number of hydrogen-bond acceptors (Lipinski definition) is 2. The van der Waals surface area contributed by atoms with Gasteiger partial charge in [0.25, 0.3) is 0 Å². The summed E-state index contributed by atoms with van der Waals surface area (Å²) in [5.41, 5.74) is 2.31. The summed E-state index contributed by atoms with van der Waals surface area (Å²) in [5.74, 6) is 0. The molecule has 0 bridgehead atoms. The van der Waals surface area contributed by atoms with Gasteiger partial charge < -0.3 is 4.90 Å². The maximum atomic E-state index is 10.8. The number of aromatic nitrogens is 1. The Labute approximate surface area is 83.8 Å². The highest BCUT2D eigenvalue weighted by molar-refractivity contribution is 5.49. The maximum Gasteiger partial charge on any atom is 0.210 e. The summed E-state index contributed by atoms with van der Waals surface area (Å²) in [4.78, 5) is 16.8. The minimum absolute atomic E-state index is 0.250. The molecule has 0 saturated carbocycles. The van der Waals surface area contributed by atoms with E-state index in [0.29, 0.717) is 0 Å². The number of aryl methyl sites for hydroxylation is 1. The molecule has 1 amide bonds. The highest BCUT2D eigenvalue weighted by Crippen LogP contribution is 2.30. The van der Waals surface area contributed by atoms with Crippen LogP contribution in [0.5, 0.6) is 0 Å². The molecule has 2 heterocycles. The first-order valence-electron chi connectivity index (χ1n) is 4.94. The quantitative estimate of drug-likeness (QED) is 0.665. The number of likely N-dealkylation sites (tertiary alicyclic amines) is 1. The molecule has 1 aromatic heterocycles. The molecule has 14 heavy (non-hydrogen) atoms. The van der Waals surface area contributed by atoms with Crippen LogP contribution in [0.1, 0.15) is 30.0 Å². The molecular formula is C11H14N2O. The SMILES string of the molecule is Cc1cncc([C@H]2CCCN2C=O)c1. The number of pyridine rings is 1. The zero-order chi connectivity index (χ0) is 9.97. The van der Waals surface area contributed by atoms with Gasteiger partial charge in [-0.2, -0.15) is 0 Å². The minimum atomic E-state index is 0.250. The third-order valence-electron chi connectivity index (χ3n) is 2.71. The van der Waals surface area contributed by atoms with Crippen LogP contribution in [0, 0.1) is 6.92 Å². The Bertz CT molecular complexity index is 338. The number of hydrogen-bond donors (Lipinski definition) is 0. The smallest absolute Gasteiger partial charge is 0.210 e. The lowest BCUT2D eigenvalue weighted by Gasteiger charge is -2.19. The van der Waals surface area contributed by atoms with Crippen LogP contribution in [0.25, 0.3) is 0 Å². The Balaban J connectivity index is 2.25. The van der Waals surface area contributed by atoms with E-state index in [9.17, 15) is 4.79 Å². The van der Waals surface area contributed by atoms with Gasteiger partial charge in [0.15, 0.2) is 0 Å². The van der Waals surface area contributed by atoms with Crippen molar-refractivity contribution in [2.24, 2.45) is 0 Å². The number of carbonyl (C=O) groups is 1. The van der Waals surface area contributed by atoms with Crippen molar-refractivity contribution in [1.82, 2.24) is 9.88 Å². The Morgan fingerprint density at radius 3 is 3.14 bits per heavy atom. The van der Waals surface area contributed by atoms with Crippen molar-refractivity contribution in [3.63, 3.8) is 0 Å². The van der Waals surface area contributed by atoms with Crippen LogP contribution in [0.3, 0.4) is 0 Å². The summed E-state index contributed by atoms with van der Waals surface area (Å²) in [5, 5.41) is 0. The summed E-state index contributed by atoms with van der Waals surface area (Å²) in [6.45, 7) is 2.90. The third kappa shape index (κ3) is 1.62. The molecule has 0 aliphatic carbocycles. The lowest BCUT2D eigenvalue weighted by atomic mass is 10.1. The van der Waals surface area contributed by atoms with Gasteiger partial charge in [-0.1, -0.05) is 6.07 Å². The summed E-state index contributed by atoms with van der Waals surface area (Å²) in [6.07, 6.45) is 6.80. The predicted molar refractivity (Wildman–Crippen MR) is 53.7 cm³/mol. The van der Waals surface area contributed by atoms with Crippen molar-refractivity contribution >= 4 is 6.41 Å². The Kier molecular flexibility index (Phi) is 2.48. The Morgan fingerprint density at radius 2 is 2.43 bits per heavy atom. The zero-order valence-corrected chi connectivity index (χ0v) is 8.31. The van der Waals surface area contributed by atoms with Crippen molar-refractivity contribution < 1.29 is 4.79 Å². The highest BCUT2D eigenvalue weighted by atomic mass is 16.1. The van der Waals surface area contributed by atoms with E-state index in [1.165, 1.54) is 0 Å². The fourth-order valence-electron chi connectivity index (χ4n) is 2.03. The molecule has 0 spiro atoms. The molecule has 1 aliphatic heterocycles. The van der Waals surface area contributed by atoms with Crippen LogP contribution in [0.15, 0.2) is 18.5 Å². The molecule has 0 aromatic carbocycles. The molecular weight excluding hydrogens is 176 g/mol. The second kappa shape index (κ2) is 3.78. The largest absolute Gasteiger partial charge is 0.338 e. The molecule has 2 rings (SSSR count). The lowest BCUT2D eigenvalue weighted by Crippen LogP contribution is -2.21. The van der Waals surface area contributed by atoms with Crippen LogP contribution in [0.2, 0.25) is 0 Å². The fourth-order valence-corrected chi connectivity index (χ4v) is 2.03. The Hall–Kier alpha value is -1.38. The molecule has 0 unspecified atom stereocenters. The summed E-state index contributed by atoms with van der Waals surface area (Å²) in [7, 11) is 0. The second-order valence-electron chi connectivity index (χ2n) is 3.80. The van der Waals surface area contributed by atoms with Crippen molar-refractivity contribution in [3.8, 4) is 0 Å². The molecule has 1 aromatic rings. The van der Waals surface area contributed by atoms with Crippen molar-refractivity contribution in [3.05, 3.63) is 29.6 Å². The average molecular weight is 190 g/mol. The van der Waals surface area contributed by atoms with Crippen molar-refractivity contribution in [2.75, 3.05) is 6.54 Å². The van der Waals surface area contributed by atoms with Crippen molar-refractivity contribution in [2.45, 2.75) is 25.8 Å². The minimum Gasteiger partial charge on any atom is -0.338 e. The molecule has 1 aliphatic rings. The number of carbonyl (C=O) groups excluding carboxylic acids is 1. The van der Waals surface area contributed by atoms with Crippen LogP contribution in [-0.4, -0.2) is 22.8 Å². The van der Waals surface area contributed by atoms with Gasteiger partial charge >= 0.3 is 0 Å². The van der Waals surface area contributed by atoms with E-state index < -0.39 is 0 Å². The molecule has 1 saturated heterocycles. The van der Waals surface area contributed by atoms with E-state index in [0.717, 1.165) is 36.9 Å². The van der Waals surface area contributed by atoms with Gasteiger partial charge in [0, 0.05) is 18.9 Å². The first-order chi connectivity index (χ1) is 6.81. The predicted octanol–water partition coefficient (Wildman–Crippen LogP) is 1.68. The molecule has 3 heteroatoms. The molecule has 74 valence electrons. The van der Waals surface area contributed by atoms with Gasteiger partial charge in [-0.05, 0) is 30.9 Å². The van der Waals surface area contributed by atoms with Gasteiger partial charge in [-0.25, -0.2) is 0 Å². The summed E-state index contributed by atoms with van der Waals surface area (Å²) < 4.78 is 0. The van der Waals surface area contributed by atoms with E-state index in [1.807, 2.05) is 24.2 Å². The monoisotopic (exact) mass is 190 g/mol. The van der Waals surface area contributed by atoms with Crippen LogP contribution < -0.4 is 0 Å². The first kappa shape index (κ1) is 9.19. The topological polar surface area (TPSA) is 33.2 Å². The standard InChI is InChI=1S/C11H14N2O/c1-9-5-10(7-12-6-9)11-3-2-4-13(11)8-14/h5-8,11H,2-4H2,1H3/t11-/m1/s1. The van der Waals surface area contributed by atoms with E-state index in [-0.39, 0.29) is 6.04 Å². The van der Waals surface area contributed by atoms with Crippen LogP contribution >= 0.6 is 0 Å². The molecule has 3 nitrogen and oxygen atoms in total.